The molecule has 0 saturated carbocycles. The molecule has 1 N–H and O–H groups in total. The molecule has 3 heteroatoms. The van der Waals surface area contributed by atoms with Crippen LogP contribution in [-0.4, -0.2) is 29.2 Å². The highest BCUT2D eigenvalue weighted by atomic mass is 35.5. The molecule has 2 rings (SSSR count). The molecule has 0 amide bonds. The van der Waals surface area contributed by atoms with Crippen LogP contribution < -0.4 is 0 Å². The maximum atomic E-state index is 9.25. The van der Waals surface area contributed by atoms with E-state index < -0.39 is 0 Å². The van der Waals surface area contributed by atoms with Crippen LogP contribution >= 0.6 is 11.6 Å². The lowest BCUT2D eigenvalue weighted by atomic mass is 10.1. The van der Waals surface area contributed by atoms with E-state index >= 15 is 0 Å². The van der Waals surface area contributed by atoms with Gasteiger partial charge in [0.1, 0.15) is 0 Å². The number of hydrogen-bond donors (Lipinski definition) is 1. The Labute approximate surface area is 102 Å². The van der Waals surface area contributed by atoms with Gasteiger partial charge in [-0.2, -0.15) is 0 Å². The zero-order chi connectivity index (χ0) is 11.5. The van der Waals surface area contributed by atoms with Gasteiger partial charge in [-0.1, -0.05) is 23.7 Å². The molecule has 1 aliphatic heterocycles. The van der Waals surface area contributed by atoms with Crippen LogP contribution in [0.15, 0.2) is 18.2 Å². The summed E-state index contributed by atoms with van der Waals surface area (Å²) < 4.78 is 0. The van der Waals surface area contributed by atoms with Crippen molar-refractivity contribution < 1.29 is 5.11 Å². The summed E-state index contributed by atoms with van der Waals surface area (Å²) in [6.45, 7) is 4.21. The number of halogens is 1. The van der Waals surface area contributed by atoms with Crippen LogP contribution in [0.3, 0.4) is 0 Å². The van der Waals surface area contributed by atoms with Gasteiger partial charge in [-0.05, 0) is 43.5 Å². The molecule has 1 aromatic carbocycles. The van der Waals surface area contributed by atoms with Crippen molar-refractivity contribution in [2.45, 2.75) is 32.4 Å². The van der Waals surface area contributed by atoms with E-state index in [1.807, 2.05) is 13.0 Å². The highest BCUT2D eigenvalue weighted by Gasteiger charge is 2.23. The summed E-state index contributed by atoms with van der Waals surface area (Å²) in [5, 5.41) is 10.1. The van der Waals surface area contributed by atoms with Gasteiger partial charge < -0.3 is 5.11 Å². The Morgan fingerprint density at radius 2 is 2.31 bits per heavy atom. The number of rotatable bonds is 3. The number of aliphatic hydroxyl groups excluding tert-OH is 1. The van der Waals surface area contributed by atoms with Crippen LogP contribution in [0, 0.1) is 6.92 Å². The molecule has 1 atom stereocenters. The van der Waals surface area contributed by atoms with Crippen molar-refractivity contribution in [3.8, 4) is 0 Å². The van der Waals surface area contributed by atoms with Crippen molar-refractivity contribution in [1.82, 2.24) is 4.90 Å². The van der Waals surface area contributed by atoms with E-state index in [-0.39, 0.29) is 6.61 Å². The van der Waals surface area contributed by atoms with Gasteiger partial charge in [-0.3, -0.25) is 4.90 Å². The summed E-state index contributed by atoms with van der Waals surface area (Å²) in [6.07, 6.45) is 2.27. The summed E-state index contributed by atoms with van der Waals surface area (Å²) in [7, 11) is 0. The van der Waals surface area contributed by atoms with Gasteiger partial charge in [0.15, 0.2) is 0 Å². The van der Waals surface area contributed by atoms with E-state index in [9.17, 15) is 5.11 Å². The first-order chi connectivity index (χ1) is 7.70. The maximum Gasteiger partial charge on any atom is 0.0587 e. The number of hydrogen-bond acceptors (Lipinski definition) is 2. The Morgan fingerprint density at radius 1 is 1.50 bits per heavy atom. The fourth-order valence-electron chi connectivity index (χ4n) is 2.31. The zero-order valence-electron chi connectivity index (χ0n) is 9.62. The van der Waals surface area contributed by atoms with Crippen LogP contribution in [-0.2, 0) is 6.54 Å². The molecule has 1 aromatic rings. The summed E-state index contributed by atoms with van der Waals surface area (Å²) in [4.78, 5) is 2.32. The number of benzene rings is 1. The average Bonchev–Trinajstić information content (AvgIpc) is 2.69. The molecule has 0 aromatic heterocycles. The maximum absolute atomic E-state index is 9.25. The lowest BCUT2D eigenvalue weighted by molar-refractivity contribution is 0.153. The lowest BCUT2D eigenvalue weighted by Gasteiger charge is -2.23. The van der Waals surface area contributed by atoms with Crippen molar-refractivity contribution in [3.05, 3.63) is 34.3 Å². The van der Waals surface area contributed by atoms with E-state index in [1.54, 1.807) is 0 Å². The Morgan fingerprint density at radius 3 is 3.00 bits per heavy atom. The van der Waals surface area contributed by atoms with Gasteiger partial charge >= 0.3 is 0 Å². The first kappa shape index (κ1) is 11.9. The predicted octanol–water partition coefficient (Wildman–Crippen LogP) is 2.61. The van der Waals surface area contributed by atoms with Crippen LogP contribution in [0.2, 0.25) is 5.02 Å². The molecule has 16 heavy (non-hydrogen) atoms. The molecular weight excluding hydrogens is 222 g/mol. The van der Waals surface area contributed by atoms with Crippen molar-refractivity contribution in [1.29, 1.82) is 0 Å². The molecule has 0 radical (unpaired) electrons. The van der Waals surface area contributed by atoms with Gasteiger partial charge in [-0.15, -0.1) is 0 Å². The van der Waals surface area contributed by atoms with Crippen LogP contribution in [0.25, 0.3) is 0 Å². The van der Waals surface area contributed by atoms with E-state index in [1.165, 1.54) is 12.0 Å². The van der Waals surface area contributed by atoms with Gasteiger partial charge in [0.25, 0.3) is 0 Å². The third kappa shape index (κ3) is 2.57. The molecule has 2 nitrogen and oxygen atoms in total. The number of nitrogens with zero attached hydrogens (tertiary/aromatic N) is 1. The summed E-state index contributed by atoms with van der Waals surface area (Å²) in [6, 6.07) is 6.49. The summed E-state index contributed by atoms with van der Waals surface area (Å²) >= 11 is 6.21. The number of likely N-dealkylation sites (tertiary alicyclic amines) is 1. The Kier molecular flexibility index (Phi) is 3.85. The standard InChI is InChI=1S/C13H18ClNO/c1-10-4-5-11(13(14)7-10)8-15-6-2-3-12(15)9-16/h4-5,7,12,16H,2-3,6,8-9H2,1H3/t12-/m0/s1. The average molecular weight is 240 g/mol. The second kappa shape index (κ2) is 5.17. The Balaban J connectivity index is 2.08. The van der Waals surface area contributed by atoms with Crippen LogP contribution in [0.4, 0.5) is 0 Å². The molecule has 1 heterocycles. The van der Waals surface area contributed by atoms with Crippen molar-refractivity contribution >= 4 is 11.6 Å². The second-order valence-electron chi connectivity index (χ2n) is 4.54. The second-order valence-corrected chi connectivity index (χ2v) is 4.95. The van der Waals surface area contributed by atoms with Gasteiger partial charge in [0.2, 0.25) is 0 Å². The van der Waals surface area contributed by atoms with Gasteiger partial charge in [0, 0.05) is 17.6 Å². The van der Waals surface area contributed by atoms with Crippen molar-refractivity contribution in [2.75, 3.05) is 13.2 Å². The normalized spacial score (nSPS) is 21.6. The molecule has 0 spiro atoms. The van der Waals surface area contributed by atoms with Gasteiger partial charge in [-0.25, -0.2) is 0 Å². The number of aliphatic hydroxyl groups is 1. The van der Waals surface area contributed by atoms with Crippen molar-refractivity contribution in [3.63, 3.8) is 0 Å². The Bertz CT molecular complexity index is 367. The minimum Gasteiger partial charge on any atom is -0.395 e. The minimum absolute atomic E-state index is 0.253. The Hall–Kier alpha value is -0.570. The molecule has 1 saturated heterocycles. The predicted molar refractivity (Wildman–Crippen MR) is 66.7 cm³/mol. The summed E-state index contributed by atoms with van der Waals surface area (Å²) in [5.41, 5.74) is 2.35. The monoisotopic (exact) mass is 239 g/mol. The van der Waals surface area contributed by atoms with E-state index in [0.717, 1.165) is 30.1 Å². The lowest BCUT2D eigenvalue weighted by Crippen LogP contribution is -2.31. The topological polar surface area (TPSA) is 23.5 Å². The van der Waals surface area contributed by atoms with Gasteiger partial charge in [0.05, 0.1) is 6.61 Å². The SMILES string of the molecule is Cc1ccc(CN2CCC[C@H]2CO)c(Cl)c1. The van der Waals surface area contributed by atoms with Crippen LogP contribution in [0.1, 0.15) is 24.0 Å². The van der Waals surface area contributed by atoms with Crippen LogP contribution in [0.5, 0.6) is 0 Å². The molecule has 1 aliphatic rings. The highest BCUT2D eigenvalue weighted by molar-refractivity contribution is 6.31. The fraction of sp³-hybridized carbons (Fsp3) is 0.538. The molecule has 0 bridgehead atoms. The first-order valence-corrected chi connectivity index (χ1v) is 6.18. The molecule has 0 aliphatic carbocycles. The largest absolute Gasteiger partial charge is 0.395 e. The molecular formula is C13H18ClNO. The van der Waals surface area contributed by atoms with E-state index in [0.29, 0.717) is 6.04 Å². The molecule has 88 valence electrons. The zero-order valence-corrected chi connectivity index (χ0v) is 10.4. The third-order valence-electron chi connectivity index (χ3n) is 3.29. The number of aryl methyl sites for hydroxylation is 1. The van der Waals surface area contributed by atoms with Crippen molar-refractivity contribution in [2.24, 2.45) is 0 Å². The summed E-state index contributed by atoms with van der Waals surface area (Å²) in [5.74, 6) is 0. The third-order valence-corrected chi connectivity index (χ3v) is 3.64. The first-order valence-electron chi connectivity index (χ1n) is 5.80. The fourth-order valence-corrected chi connectivity index (χ4v) is 2.60. The quantitative estimate of drug-likeness (QED) is 0.877. The molecule has 0 unspecified atom stereocenters. The van der Waals surface area contributed by atoms with E-state index in [4.69, 9.17) is 11.6 Å². The smallest absolute Gasteiger partial charge is 0.0587 e. The van der Waals surface area contributed by atoms with E-state index in [2.05, 4.69) is 17.0 Å². The minimum atomic E-state index is 0.253. The highest BCUT2D eigenvalue weighted by Crippen LogP contribution is 2.24. The molecule has 1 fully saturated rings.